The fourth-order valence-electron chi connectivity index (χ4n) is 4.16. The molecule has 0 bridgehead atoms. The van der Waals surface area contributed by atoms with Gasteiger partial charge in [0.15, 0.2) is 0 Å². The smallest absolute Gasteiger partial charge is 0.260 e. The number of rotatable bonds is 6. The molecule has 32 heavy (non-hydrogen) atoms. The number of hydrogen-bond donors (Lipinski definition) is 1. The summed E-state index contributed by atoms with van der Waals surface area (Å²) in [5, 5.41) is 9.04. The number of hydrogen-bond acceptors (Lipinski definition) is 5. The van der Waals surface area contributed by atoms with Crippen LogP contribution in [-0.2, 0) is 11.3 Å². The van der Waals surface area contributed by atoms with Crippen LogP contribution in [-0.4, -0.2) is 44.5 Å². The van der Waals surface area contributed by atoms with Gasteiger partial charge in [-0.1, -0.05) is 30.3 Å². The number of nitrogens with one attached hydrogen (secondary N) is 1. The fourth-order valence-corrected chi connectivity index (χ4v) is 4.16. The number of imidazole rings is 1. The Hall–Kier alpha value is -3.94. The van der Waals surface area contributed by atoms with Crippen LogP contribution in [0.5, 0.6) is 0 Å². The molecular formula is C24H25N7O. The summed E-state index contributed by atoms with van der Waals surface area (Å²) >= 11 is 0. The number of para-hydroxylation sites is 3. The van der Waals surface area contributed by atoms with E-state index >= 15 is 0 Å². The van der Waals surface area contributed by atoms with Crippen molar-refractivity contribution in [3.8, 4) is 5.69 Å². The van der Waals surface area contributed by atoms with Crippen LogP contribution < -0.4 is 10.3 Å². The Morgan fingerprint density at radius 3 is 2.66 bits per heavy atom. The molecule has 162 valence electrons. The van der Waals surface area contributed by atoms with Gasteiger partial charge >= 0.3 is 0 Å². The molecule has 2 aromatic carbocycles. The molecule has 0 unspecified atom stereocenters. The van der Waals surface area contributed by atoms with E-state index in [0.717, 1.165) is 59.7 Å². The number of fused-ring (bicyclic) bond motifs is 1. The lowest BCUT2D eigenvalue weighted by Gasteiger charge is -2.20. The molecule has 4 aromatic rings. The number of amides is 1. The van der Waals surface area contributed by atoms with E-state index in [0.29, 0.717) is 0 Å². The van der Waals surface area contributed by atoms with Crippen molar-refractivity contribution in [2.24, 2.45) is 5.10 Å². The van der Waals surface area contributed by atoms with Crippen LogP contribution in [0.1, 0.15) is 24.1 Å². The SMILES string of the molecule is Cc1nn(-c2ccccc2)c(N2CCCC2)c1C=NNC(=O)Cn1cnc2ccccc21. The highest BCUT2D eigenvalue weighted by Crippen LogP contribution is 2.28. The molecule has 1 aliphatic heterocycles. The van der Waals surface area contributed by atoms with E-state index in [1.165, 1.54) is 0 Å². The highest BCUT2D eigenvalue weighted by atomic mass is 16.2. The second kappa shape index (κ2) is 8.66. The number of carbonyl (C=O) groups is 1. The summed E-state index contributed by atoms with van der Waals surface area (Å²) < 4.78 is 3.79. The number of benzene rings is 2. The van der Waals surface area contributed by atoms with Crippen LogP contribution in [0.4, 0.5) is 5.82 Å². The van der Waals surface area contributed by atoms with Gasteiger partial charge < -0.3 is 9.47 Å². The summed E-state index contributed by atoms with van der Waals surface area (Å²) in [4.78, 5) is 19.2. The second-order valence-electron chi connectivity index (χ2n) is 7.92. The Morgan fingerprint density at radius 1 is 1.09 bits per heavy atom. The predicted octanol–water partition coefficient (Wildman–Crippen LogP) is 3.28. The fraction of sp³-hybridized carbons (Fsp3) is 0.250. The maximum Gasteiger partial charge on any atom is 0.260 e. The van der Waals surface area contributed by atoms with E-state index in [2.05, 4.69) is 20.4 Å². The maximum atomic E-state index is 12.5. The van der Waals surface area contributed by atoms with Gasteiger partial charge in [-0.15, -0.1) is 0 Å². The van der Waals surface area contributed by atoms with E-state index in [1.54, 1.807) is 12.5 Å². The molecule has 3 heterocycles. The molecular weight excluding hydrogens is 402 g/mol. The Morgan fingerprint density at radius 2 is 1.84 bits per heavy atom. The lowest BCUT2D eigenvalue weighted by molar-refractivity contribution is -0.121. The summed E-state index contributed by atoms with van der Waals surface area (Å²) in [5.41, 5.74) is 7.24. The van der Waals surface area contributed by atoms with Crippen molar-refractivity contribution in [3.05, 3.63) is 72.2 Å². The summed E-state index contributed by atoms with van der Waals surface area (Å²) in [6.07, 6.45) is 5.70. The molecule has 0 aliphatic carbocycles. The lowest BCUT2D eigenvalue weighted by atomic mass is 10.2. The quantitative estimate of drug-likeness (QED) is 0.378. The van der Waals surface area contributed by atoms with Crippen LogP contribution in [0.25, 0.3) is 16.7 Å². The zero-order valence-corrected chi connectivity index (χ0v) is 18.0. The molecule has 1 fully saturated rings. The monoisotopic (exact) mass is 427 g/mol. The van der Waals surface area contributed by atoms with Gasteiger partial charge in [0.05, 0.1) is 40.5 Å². The first-order chi connectivity index (χ1) is 15.7. The summed E-state index contributed by atoms with van der Waals surface area (Å²) in [7, 11) is 0. The molecule has 0 radical (unpaired) electrons. The van der Waals surface area contributed by atoms with E-state index in [1.807, 2.05) is 70.8 Å². The molecule has 8 heteroatoms. The second-order valence-corrected chi connectivity index (χ2v) is 7.92. The molecule has 8 nitrogen and oxygen atoms in total. The minimum atomic E-state index is -0.208. The summed E-state index contributed by atoms with van der Waals surface area (Å²) in [6, 6.07) is 17.8. The number of anilines is 1. The largest absolute Gasteiger partial charge is 0.356 e. The van der Waals surface area contributed by atoms with Crippen molar-refractivity contribution in [3.63, 3.8) is 0 Å². The van der Waals surface area contributed by atoms with Gasteiger partial charge in [-0.05, 0) is 44.0 Å². The Labute approximate surface area is 186 Å². The third-order valence-electron chi connectivity index (χ3n) is 5.71. The molecule has 1 N–H and O–H groups in total. The minimum Gasteiger partial charge on any atom is -0.356 e. The number of aryl methyl sites for hydroxylation is 1. The van der Waals surface area contributed by atoms with Gasteiger partial charge in [0.25, 0.3) is 5.91 Å². The minimum absolute atomic E-state index is 0.152. The molecule has 1 aliphatic rings. The van der Waals surface area contributed by atoms with E-state index in [9.17, 15) is 4.79 Å². The lowest BCUT2D eigenvalue weighted by Crippen LogP contribution is -2.24. The number of hydrazone groups is 1. The zero-order valence-electron chi connectivity index (χ0n) is 18.0. The summed E-state index contributed by atoms with van der Waals surface area (Å²) in [6.45, 7) is 4.09. The van der Waals surface area contributed by atoms with Crippen LogP contribution in [0.2, 0.25) is 0 Å². The van der Waals surface area contributed by atoms with Crippen molar-refractivity contribution in [1.29, 1.82) is 0 Å². The van der Waals surface area contributed by atoms with Crippen LogP contribution in [0.3, 0.4) is 0 Å². The molecule has 0 atom stereocenters. The third-order valence-corrected chi connectivity index (χ3v) is 5.71. The molecule has 1 saturated heterocycles. The van der Waals surface area contributed by atoms with Crippen LogP contribution in [0, 0.1) is 6.92 Å². The Bertz CT molecular complexity index is 1270. The third kappa shape index (κ3) is 3.87. The number of aromatic nitrogens is 4. The Balaban J connectivity index is 1.37. The van der Waals surface area contributed by atoms with Crippen molar-refractivity contribution in [2.45, 2.75) is 26.3 Å². The first-order valence-corrected chi connectivity index (χ1v) is 10.8. The first kappa shape index (κ1) is 20.0. The topological polar surface area (TPSA) is 80.3 Å². The van der Waals surface area contributed by atoms with Crippen LogP contribution in [0.15, 0.2) is 66.0 Å². The molecule has 0 saturated carbocycles. The standard InChI is InChI=1S/C24H25N7O/c1-18-20(15-26-27-23(32)16-30-17-25-21-11-5-6-12-22(21)30)24(29-13-7-8-14-29)31(28-18)19-9-3-2-4-10-19/h2-6,9-12,15,17H,7-8,13-14,16H2,1H3,(H,27,32). The molecule has 5 rings (SSSR count). The van der Waals surface area contributed by atoms with Gasteiger partial charge in [-0.2, -0.15) is 10.2 Å². The zero-order chi connectivity index (χ0) is 21.9. The van der Waals surface area contributed by atoms with Gasteiger partial charge in [-0.25, -0.2) is 15.1 Å². The molecule has 1 amide bonds. The molecule has 2 aromatic heterocycles. The number of nitrogens with zero attached hydrogens (tertiary/aromatic N) is 6. The van der Waals surface area contributed by atoms with Crippen molar-refractivity contribution in [2.75, 3.05) is 18.0 Å². The summed E-state index contributed by atoms with van der Waals surface area (Å²) in [5.74, 6) is 0.810. The normalized spacial score (nSPS) is 14.0. The van der Waals surface area contributed by atoms with Crippen molar-refractivity contribution in [1.82, 2.24) is 24.8 Å². The highest BCUT2D eigenvalue weighted by Gasteiger charge is 2.23. The van der Waals surface area contributed by atoms with E-state index < -0.39 is 0 Å². The molecule has 0 spiro atoms. The van der Waals surface area contributed by atoms with Crippen molar-refractivity contribution >= 4 is 29.0 Å². The van der Waals surface area contributed by atoms with Crippen LogP contribution >= 0.6 is 0 Å². The highest BCUT2D eigenvalue weighted by molar-refractivity contribution is 5.90. The predicted molar refractivity (Wildman–Crippen MR) is 125 cm³/mol. The first-order valence-electron chi connectivity index (χ1n) is 10.8. The van der Waals surface area contributed by atoms with E-state index in [4.69, 9.17) is 5.10 Å². The van der Waals surface area contributed by atoms with Gasteiger partial charge in [-0.3, -0.25) is 4.79 Å². The van der Waals surface area contributed by atoms with Gasteiger partial charge in [0, 0.05) is 13.1 Å². The van der Waals surface area contributed by atoms with Gasteiger partial charge in [0.1, 0.15) is 12.4 Å². The average Bonchev–Trinajstić information content (AvgIpc) is 3.55. The Kier molecular flexibility index (Phi) is 5.41. The van der Waals surface area contributed by atoms with E-state index in [-0.39, 0.29) is 12.5 Å². The maximum absolute atomic E-state index is 12.5. The number of carbonyl (C=O) groups excluding carboxylic acids is 1. The van der Waals surface area contributed by atoms with Crippen molar-refractivity contribution < 1.29 is 4.79 Å². The average molecular weight is 428 g/mol. The van der Waals surface area contributed by atoms with Gasteiger partial charge in [0.2, 0.25) is 0 Å².